The Hall–Kier alpha value is -2.44. The molecule has 1 rings (SSSR count). The van der Waals surface area contributed by atoms with Crippen LogP contribution in [-0.2, 0) is 9.53 Å². The molecule has 1 aromatic rings. The zero-order valence-corrected chi connectivity index (χ0v) is 12.2. The van der Waals surface area contributed by atoms with E-state index in [1.165, 1.54) is 21.3 Å². The number of nitrogens with zero attached hydrogens (tertiary/aromatic N) is 3. The lowest BCUT2D eigenvalue weighted by atomic mass is 10.1. The van der Waals surface area contributed by atoms with Crippen molar-refractivity contribution in [3.05, 3.63) is 34.2 Å². The Kier molecular flexibility index (Phi) is 6.86. The predicted octanol–water partition coefficient (Wildman–Crippen LogP) is 1.82. The third-order valence-corrected chi connectivity index (χ3v) is 2.77. The number of azide groups is 1. The van der Waals surface area contributed by atoms with Gasteiger partial charge in [-0.15, -0.1) is 0 Å². The van der Waals surface area contributed by atoms with Crippen LogP contribution in [0.4, 0.5) is 0 Å². The maximum absolute atomic E-state index is 11.9. The molecule has 1 aromatic carbocycles. The number of carbonyl (C=O) groups excluding carboxylic acids is 1. The topological polar surface area (TPSA) is 106 Å². The van der Waals surface area contributed by atoms with Crippen LogP contribution in [0, 0.1) is 0 Å². The van der Waals surface area contributed by atoms with Gasteiger partial charge in [0.15, 0.2) is 0 Å². The van der Waals surface area contributed by atoms with Crippen LogP contribution in [0.5, 0.6) is 11.5 Å². The first kappa shape index (κ1) is 16.6. The normalized spacial score (nSPS) is 11.2. The Labute approximate surface area is 122 Å². The first-order chi connectivity index (χ1) is 10.2. The van der Waals surface area contributed by atoms with Crippen LogP contribution in [0.3, 0.4) is 0 Å². The largest absolute Gasteiger partial charge is 0.497 e. The van der Waals surface area contributed by atoms with E-state index in [0.717, 1.165) is 0 Å². The molecule has 8 nitrogen and oxygen atoms in total. The van der Waals surface area contributed by atoms with Crippen LogP contribution in [0.15, 0.2) is 23.3 Å². The molecule has 0 radical (unpaired) electrons. The average molecular weight is 294 g/mol. The van der Waals surface area contributed by atoms with Crippen molar-refractivity contribution in [2.75, 3.05) is 34.4 Å². The minimum Gasteiger partial charge on any atom is -0.497 e. The molecule has 8 heteroatoms. The maximum atomic E-state index is 11.9. The summed E-state index contributed by atoms with van der Waals surface area (Å²) in [6.45, 7) is 0.564. The molecule has 0 saturated heterocycles. The fraction of sp³-hybridized carbons (Fsp3) is 0.462. The molecular weight excluding hydrogens is 276 g/mol. The molecule has 0 fully saturated rings. The van der Waals surface area contributed by atoms with E-state index < -0.39 is 12.0 Å². The summed E-state index contributed by atoms with van der Waals surface area (Å²) in [4.78, 5) is 14.6. The molecule has 0 spiro atoms. The highest BCUT2D eigenvalue weighted by Gasteiger charge is 2.22. The minimum absolute atomic E-state index is 0.227. The number of methoxy groups -OCH3 is 3. The second kappa shape index (κ2) is 8.68. The highest BCUT2D eigenvalue weighted by Crippen LogP contribution is 2.27. The van der Waals surface area contributed by atoms with Crippen molar-refractivity contribution in [2.24, 2.45) is 5.11 Å². The molecule has 1 N–H and O–H groups in total. The third kappa shape index (κ3) is 4.87. The fourth-order valence-electron chi connectivity index (χ4n) is 1.75. The predicted molar refractivity (Wildman–Crippen MR) is 76.3 cm³/mol. The summed E-state index contributed by atoms with van der Waals surface area (Å²) < 4.78 is 15.1. The summed E-state index contributed by atoms with van der Waals surface area (Å²) in [6, 6.07) is 4.43. The lowest BCUT2D eigenvalue weighted by molar-refractivity contribution is -0.143. The molecule has 21 heavy (non-hydrogen) atoms. The number of rotatable bonds is 8. The molecule has 0 bridgehead atoms. The van der Waals surface area contributed by atoms with Gasteiger partial charge in [-0.2, -0.15) is 0 Å². The monoisotopic (exact) mass is 294 g/mol. The van der Waals surface area contributed by atoms with Gasteiger partial charge in [0.2, 0.25) is 0 Å². The smallest absolute Gasteiger partial charge is 0.327 e. The molecule has 0 aliphatic rings. The average Bonchev–Trinajstić information content (AvgIpc) is 2.53. The van der Waals surface area contributed by atoms with Crippen LogP contribution in [0.1, 0.15) is 11.6 Å². The summed E-state index contributed by atoms with van der Waals surface area (Å²) in [7, 11) is 4.36. The lowest BCUT2D eigenvalue weighted by Gasteiger charge is -2.18. The van der Waals surface area contributed by atoms with Crippen molar-refractivity contribution in [2.45, 2.75) is 6.04 Å². The Morgan fingerprint density at radius 3 is 2.38 bits per heavy atom. The second-order valence-corrected chi connectivity index (χ2v) is 4.01. The van der Waals surface area contributed by atoms with E-state index in [4.69, 9.17) is 19.7 Å². The van der Waals surface area contributed by atoms with Gasteiger partial charge in [0, 0.05) is 24.1 Å². The van der Waals surface area contributed by atoms with Gasteiger partial charge in [0.05, 0.1) is 21.3 Å². The molecule has 0 aliphatic carbocycles. The van der Waals surface area contributed by atoms with Gasteiger partial charge in [-0.3, -0.25) is 0 Å². The van der Waals surface area contributed by atoms with Gasteiger partial charge < -0.3 is 19.5 Å². The van der Waals surface area contributed by atoms with Crippen LogP contribution >= 0.6 is 0 Å². The Bertz CT molecular complexity index is 507. The molecular formula is C13H18N4O4. The number of esters is 1. The number of hydrogen-bond acceptors (Lipinski definition) is 6. The van der Waals surface area contributed by atoms with Crippen LogP contribution in [-0.4, -0.2) is 40.4 Å². The number of nitrogens with one attached hydrogen (secondary N) is 1. The van der Waals surface area contributed by atoms with Crippen LogP contribution < -0.4 is 14.8 Å². The van der Waals surface area contributed by atoms with Crippen molar-refractivity contribution < 1.29 is 19.0 Å². The highest BCUT2D eigenvalue weighted by molar-refractivity contribution is 5.78. The third-order valence-electron chi connectivity index (χ3n) is 2.77. The van der Waals surface area contributed by atoms with Gasteiger partial charge in [0.1, 0.15) is 17.5 Å². The number of benzene rings is 1. The summed E-state index contributed by atoms with van der Waals surface area (Å²) in [5, 5.41) is 6.38. The van der Waals surface area contributed by atoms with Crippen LogP contribution in [0.25, 0.3) is 10.4 Å². The Balaban J connectivity index is 3.01. The van der Waals surface area contributed by atoms with Crippen molar-refractivity contribution in [1.82, 2.24) is 5.32 Å². The van der Waals surface area contributed by atoms with Gasteiger partial charge in [-0.1, -0.05) is 5.11 Å². The SMILES string of the molecule is COC(=O)C(NCCN=[N+]=[N-])c1cc(OC)cc(OC)c1. The first-order valence-corrected chi connectivity index (χ1v) is 6.21. The van der Waals surface area contributed by atoms with Gasteiger partial charge in [-0.25, -0.2) is 4.79 Å². The van der Waals surface area contributed by atoms with Gasteiger partial charge in [0.25, 0.3) is 0 Å². The molecule has 1 atom stereocenters. The van der Waals surface area contributed by atoms with Crippen molar-refractivity contribution in [3.63, 3.8) is 0 Å². The van der Waals surface area contributed by atoms with E-state index in [9.17, 15) is 4.79 Å². The van der Waals surface area contributed by atoms with Crippen LogP contribution in [0.2, 0.25) is 0 Å². The summed E-state index contributed by atoms with van der Waals surface area (Å²) in [5.74, 6) is 0.677. The summed E-state index contributed by atoms with van der Waals surface area (Å²) in [6.07, 6.45) is 0. The summed E-state index contributed by atoms with van der Waals surface area (Å²) in [5.41, 5.74) is 8.88. The molecule has 114 valence electrons. The number of carbonyl (C=O) groups is 1. The highest BCUT2D eigenvalue weighted by atomic mass is 16.5. The van der Waals surface area contributed by atoms with E-state index in [2.05, 4.69) is 15.3 Å². The van der Waals surface area contributed by atoms with E-state index in [-0.39, 0.29) is 6.54 Å². The van der Waals surface area contributed by atoms with Crippen molar-refractivity contribution >= 4 is 5.97 Å². The molecule has 1 unspecified atom stereocenters. The number of hydrogen-bond donors (Lipinski definition) is 1. The van der Waals surface area contributed by atoms with Crippen molar-refractivity contribution in [3.8, 4) is 11.5 Å². The molecule has 0 aromatic heterocycles. The lowest BCUT2D eigenvalue weighted by Crippen LogP contribution is -2.31. The van der Waals surface area contributed by atoms with Gasteiger partial charge in [-0.05, 0) is 23.2 Å². The molecule has 0 amide bonds. The zero-order valence-electron chi connectivity index (χ0n) is 12.2. The fourth-order valence-corrected chi connectivity index (χ4v) is 1.75. The molecule has 0 aliphatic heterocycles. The maximum Gasteiger partial charge on any atom is 0.327 e. The quantitative estimate of drug-likeness (QED) is 0.259. The molecule has 0 heterocycles. The minimum atomic E-state index is -0.701. The zero-order chi connectivity index (χ0) is 15.7. The number of ether oxygens (including phenoxy) is 3. The standard InChI is InChI=1S/C13H18N4O4/c1-19-10-6-9(7-11(8-10)20-2)12(13(18)21-3)15-4-5-16-17-14/h6-8,12,15H,4-5H2,1-3H3. The first-order valence-electron chi connectivity index (χ1n) is 6.21. The molecule has 0 saturated carbocycles. The second-order valence-electron chi connectivity index (χ2n) is 4.01. The van der Waals surface area contributed by atoms with E-state index in [0.29, 0.717) is 23.6 Å². The summed E-state index contributed by atoms with van der Waals surface area (Å²) >= 11 is 0. The van der Waals surface area contributed by atoms with E-state index in [1.54, 1.807) is 18.2 Å². The van der Waals surface area contributed by atoms with Gasteiger partial charge >= 0.3 is 5.97 Å². The van der Waals surface area contributed by atoms with E-state index in [1.807, 2.05) is 0 Å². The van der Waals surface area contributed by atoms with E-state index >= 15 is 0 Å². The Morgan fingerprint density at radius 2 is 1.90 bits per heavy atom. The van der Waals surface area contributed by atoms with Crippen molar-refractivity contribution in [1.29, 1.82) is 0 Å². The Morgan fingerprint density at radius 1 is 1.29 bits per heavy atom.